The molecule has 1 aromatic heterocycles. The zero-order chi connectivity index (χ0) is 19.5. The summed E-state index contributed by atoms with van der Waals surface area (Å²) < 4.78 is 5.89. The molecular formula is C21H19Cl2N3O2. The van der Waals surface area contributed by atoms with Crippen molar-refractivity contribution in [3.63, 3.8) is 0 Å². The second-order valence-electron chi connectivity index (χ2n) is 6.73. The SMILES string of the molecule is O=C(Nc1ccc(Cl)cc1Cl)[C@H]1CCCN1Cc1ncc(-c2ccccc2)o1. The third kappa shape index (κ3) is 4.22. The van der Waals surface area contributed by atoms with Crippen LogP contribution in [0.1, 0.15) is 18.7 Å². The zero-order valence-corrected chi connectivity index (χ0v) is 16.6. The summed E-state index contributed by atoms with van der Waals surface area (Å²) in [7, 11) is 0. The van der Waals surface area contributed by atoms with Crippen molar-refractivity contribution in [1.82, 2.24) is 9.88 Å². The Balaban J connectivity index is 1.43. The molecule has 0 unspecified atom stereocenters. The van der Waals surface area contributed by atoms with Gasteiger partial charge in [0.1, 0.15) is 0 Å². The number of oxazole rings is 1. The molecule has 1 amide bonds. The molecule has 1 saturated heterocycles. The molecule has 2 heterocycles. The molecular weight excluding hydrogens is 397 g/mol. The Kier molecular flexibility index (Phi) is 5.67. The van der Waals surface area contributed by atoms with Crippen LogP contribution >= 0.6 is 23.2 Å². The van der Waals surface area contributed by atoms with Gasteiger partial charge in [0.2, 0.25) is 11.8 Å². The fraction of sp³-hybridized carbons (Fsp3) is 0.238. The van der Waals surface area contributed by atoms with Gasteiger partial charge in [0.15, 0.2) is 5.76 Å². The summed E-state index contributed by atoms with van der Waals surface area (Å²) in [6.45, 7) is 1.30. The second kappa shape index (κ2) is 8.35. The number of aromatic nitrogens is 1. The number of carbonyl (C=O) groups excluding carboxylic acids is 1. The highest BCUT2D eigenvalue weighted by Gasteiger charge is 2.32. The van der Waals surface area contributed by atoms with Crippen molar-refractivity contribution in [2.75, 3.05) is 11.9 Å². The summed E-state index contributed by atoms with van der Waals surface area (Å²) in [5, 5.41) is 3.86. The molecule has 2 aromatic carbocycles. The topological polar surface area (TPSA) is 58.4 Å². The van der Waals surface area contributed by atoms with Gasteiger partial charge in [-0.15, -0.1) is 0 Å². The molecule has 0 spiro atoms. The van der Waals surface area contributed by atoms with Crippen LogP contribution in [0, 0.1) is 0 Å². The van der Waals surface area contributed by atoms with Gasteiger partial charge in [0.05, 0.1) is 29.5 Å². The van der Waals surface area contributed by atoms with Gasteiger partial charge in [-0.25, -0.2) is 4.98 Å². The number of halogens is 2. The molecule has 0 aliphatic carbocycles. The van der Waals surface area contributed by atoms with Gasteiger partial charge in [0.25, 0.3) is 0 Å². The number of likely N-dealkylation sites (tertiary alicyclic amines) is 1. The predicted octanol–water partition coefficient (Wildman–Crippen LogP) is 5.25. The Bertz CT molecular complexity index is 975. The van der Waals surface area contributed by atoms with Crippen LogP contribution in [0.4, 0.5) is 5.69 Å². The number of hydrogen-bond acceptors (Lipinski definition) is 4. The lowest BCUT2D eigenvalue weighted by molar-refractivity contribution is -0.120. The molecule has 1 aliphatic rings. The quantitative estimate of drug-likeness (QED) is 0.617. The third-order valence-electron chi connectivity index (χ3n) is 4.81. The molecule has 1 aliphatic heterocycles. The number of benzene rings is 2. The Labute approximate surface area is 173 Å². The van der Waals surface area contributed by atoms with Crippen molar-refractivity contribution < 1.29 is 9.21 Å². The normalized spacial score (nSPS) is 17.0. The largest absolute Gasteiger partial charge is 0.439 e. The third-order valence-corrected chi connectivity index (χ3v) is 5.35. The molecule has 7 heteroatoms. The minimum atomic E-state index is -0.251. The zero-order valence-electron chi connectivity index (χ0n) is 15.1. The molecule has 1 fully saturated rings. The van der Waals surface area contributed by atoms with Gasteiger partial charge < -0.3 is 9.73 Å². The molecule has 4 rings (SSSR count). The van der Waals surface area contributed by atoms with Crippen LogP contribution in [-0.2, 0) is 11.3 Å². The summed E-state index contributed by atoms with van der Waals surface area (Å²) in [6, 6.07) is 14.6. The van der Waals surface area contributed by atoms with Crippen LogP contribution in [-0.4, -0.2) is 28.4 Å². The first-order valence-electron chi connectivity index (χ1n) is 9.10. The van der Waals surface area contributed by atoms with Gasteiger partial charge in [0, 0.05) is 10.6 Å². The number of nitrogens with one attached hydrogen (secondary N) is 1. The highest BCUT2D eigenvalue weighted by atomic mass is 35.5. The lowest BCUT2D eigenvalue weighted by Gasteiger charge is -2.22. The Morgan fingerprint density at radius 2 is 2.04 bits per heavy atom. The molecule has 3 aromatic rings. The molecule has 1 atom stereocenters. The van der Waals surface area contributed by atoms with E-state index in [0.29, 0.717) is 28.2 Å². The lowest BCUT2D eigenvalue weighted by atomic mass is 10.2. The number of amides is 1. The van der Waals surface area contributed by atoms with Crippen LogP contribution in [0.15, 0.2) is 59.1 Å². The van der Waals surface area contributed by atoms with Gasteiger partial charge in [-0.1, -0.05) is 53.5 Å². The fourth-order valence-corrected chi connectivity index (χ4v) is 3.87. The number of carbonyl (C=O) groups is 1. The van der Waals surface area contributed by atoms with E-state index in [1.54, 1.807) is 24.4 Å². The molecule has 5 nitrogen and oxygen atoms in total. The molecule has 144 valence electrons. The van der Waals surface area contributed by atoms with Gasteiger partial charge >= 0.3 is 0 Å². The van der Waals surface area contributed by atoms with Crippen LogP contribution < -0.4 is 5.32 Å². The average molecular weight is 416 g/mol. The van der Waals surface area contributed by atoms with E-state index in [4.69, 9.17) is 27.6 Å². The van der Waals surface area contributed by atoms with Crippen molar-refractivity contribution in [3.05, 3.63) is 70.7 Å². The molecule has 1 N–H and O–H groups in total. The van der Waals surface area contributed by atoms with Crippen molar-refractivity contribution in [1.29, 1.82) is 0 Å². The van der Waals surface area contributed by atoms with E-state index in [-0.39, 0.29) is 11.9 Å². The van der Waals surface area contributed by atoms with E-state index in [1.807, 2.05) is 30.3 Å². The number of rotatable bonds is 5. The van der Waals surface area contributed by atoms with Gasteiger partial charge in [-0.2, -0.15) is 0 Å². The molecule has 0 saturated carbocycles. The van der Waals surface area contributed by atoms with Crippen LogP contribution in [0.2, 0.25) is 10.0 Å². The average Bonchev–Trinajstić information content (AvgIpc) is 3.35. The van der Waals surface area contributed by atoms with Crippen LogP contribution in [0.3, 0.4) is 0 Å². The monoisotopic (exact) mass is 415 g/mol. The van der Waals surface area contributed by atoms with E-state index in [0.717, 1.165) is 30.7 Å². The summed E-state index contributed by atoms with van der Waals surface area (Å²) in [4.78, 5) is 19.2. The maximum Gasteiger partial charge on any atom is 0.241 e. The predicted molar refractivity (Wildman–Crippen MR) is 110 cm³/mol. The van der Waals surface area contributed by atoms with Gasteiger partial charge in [-0.05, 0) is 37.6 Å². The summed E-state index contributed by atoms with van der Waals surface area (Å²) in [6.07, 6.45) is 3.45. The standard InChI is InChI=1S/C21H19Cl2N3O2/c22-15-8-9-17(16(23)11-15)25-21(27)18-7-4-10-26(18)13-20-24-12-19(28-20)14-5-2-1-3-6-14/h1-3,5-6,8-9,11-12,18H,4,7,10,13H2,(H,25,27)/t18-/m1/s1. The minimum Gasteiger partial charge on any atom is -0.439 e. The van der Waals surface area contributed by atoms with Crippen molar-refractivity contribution in [3.8, 4) is 11.3 Å². The summed E-state index contributed by atoms with van der Waals surface area (Å²) in [5.74, 6) is 1.24. The number of nitrogens with zero attached hydrogens (tertiary/aromatic N) is 2. The van der Waals surface area contributed by atoms with E-state index in [9.17, 15) is 4.79 Å². The molecule has 0 radical (unpaired) electrons. The van der Waals surface area contributed by atoms with Crippen LogP contribution in [0.5, 0.6) is 0 Å². The lowest BCUT2D eigenvalue weighted by Crippen LogP contribution is -2.39. The van der Waals surface area contributed by atoms with E-state index >= 15 is 0 Å². The fourth-order valence-electron chi connectivity index (χ4n) is 3.41. The molecule has 0 bridgehead atoms. The number of anilines is 1. The highest BCUT2D eigenvalue weighted by Crippen LogP contribution is 2.28. The van der Waals surface area contributed by atoms with Gasteiger partial charge in [-0.3, -0.25) is 9.69 Å². The maximum atomic E-state index is 12.8. The van der Waals surface area contributed by atoms with E-state index < -0.39 is 0 Å². The molecule has 28 heavy (non-hydrogen) atoms. The summed E-state index contributed by atoms with van der Waals surface area (Å²) >= 11 is 12.1. The first kappa shape index (κ1) is 19.0. The Hall–Kier alpha value is -2.34. The Morgan fingerprint density at radius 1 is 1.21 bits per heavy atom. The summed E-state index contributed by atoms with van der Waals surface area (Å²) in [5.41, 5.74) is 1.54. The van der Waals surface area contributed by atoms with Crippen molar-refractivity contribution in [2.24, 2.45) is 0 Å². The second-order valence-corrected chi connectivity index (χ2v) is 7.57. The van der Waals surface area contributed by atoms with Crippen molar-refractivity contribution >= 4 is 34.8 Å². The van der Waals surface area contributed by atoms with E-state index in [2.05, 4.69) is 15.2 Å². The Morgan fingerprint density at radius 3 is 2.82 bits per heavy atom. The first-order chi connectivity index (χ1) is 13.6. The highest BCUT2D eigenvalue weighted by molar-refractivity contribution is 6.36. The first-order valence-corrected chi connectivity index (χ1v) is 9.86. The number of hydrogen-bond donors (Lipinski definition) is 1. The van der Waals surface area contributed by atoms with Crippen molar-refractivity contribution in [2.45, 2.75) is 25.4 Å². The smallest absolute Gasteiger partial charge is 0.241 e. The van der Waals surface area contributed by atoms with E-state index in [1.165, 1.54) is 0 Å². The maximum absolute atomic E-state index is 12.8. The van der Waals surface area contributed by atoms with Crippen LogP contribution in [0.25, 0.3) is 11.3 Å². The minimum absolute atomic E-state index is 0.0865.